The molecule has 3 heteroatoms. The molecule has 2 heterocycles. The molecule has 2 atom stereocenters. The standard InChI is InChI=1S/C15H31N3/c1-13(11-16-15(2,3)4)18-10-9-17-8-6-5-7-14(17)12-18/h13-14,16H,5-12H2,1-4H3. The zero-order valence-electron chi connectivity index (χ0n) is 12.7. The summed E-state index contributed by atoms with van der Waals surface area (Å²) in [4.78, 5) is 5.40. The molecule has 1 N–H and O–H groups in total. The molecule has 0 saturated carbocycles. The normalized spacial score (nSPS) is 29.0. The fourth-order valence-electron chi connectivity index (χ4n) is 3.16. The van der Waals surface area contributed by atoms with Gasteiger partial charge < -0.3 is 5.32 Å². The molecular formula is C15H31N3. The summed E-state index contributed by atoms with van der Waals surface area (Å²) in [6.07, 6.45) is 4.26. The van der Waals surface area contributed by atoms with E-state index in [0.29, 0.717) is 6.04 Å². The Morgan fingerprint density at radius 1 is 1.17 bits per heavy atom. The van der Waals surface area contributed by atoms with Crippen LogP contribution in [0.25, 0.3) is 0 Å². The van der Waals surface area contributed by atoms with Gasteiger partial charge >= 0.3 is 0 Å². The second-order valence-corrected chi connectivity index (χ2v) is 7.16. The largest absolute Gasteiger partial charge is 0.311 e. The summed E-state index contributed by atoms with van der Waals surface area (Å²) in [5, 5.41) is 3.64. The molecule has 18 heavy (non-hydrogen) atoms. The van der Waals surface area contributed by atoms with Crippen LogP contribution in [0.15, 0.2) is 0 Å². The van der Waals surface area contributed by atoms with Crippen LogP contribution >= 0.6 is 0 Å². The van der Waals surface area contributed by atoms with Crippen molar-refractivity contribution in [3.05, 3.63) is 0 Å². The van der Waals surface area contributed by atoms with Gasteiger partial charge in [-0.15, -0.1) is 0 Å². The highest BCUT2D eigenvalue weighted by Crippen LogP contribution is 2.22. The minimum Gasteiger partial charge on any atom is -0.311 e. The molecule has 2 aliphatic rings. The minimum atomic E-state index is 0.237. The lowest BCUT2D eigenvalue weighted by molar-refractivity contribution is 0.0300. The fraction of sp³-hybridized carbons (Fsp3) is 1.00. The molecule has 2 fully saturated rings. The highest BCUT2D eigenvalue weighted by molar-refractivity contribution is 4.88. The van der Waals surface area contributed by atoms with Gasteiger partial charge in [0.15, 0.2) is 0 Å². The Morgan fingerprint density at radius 3 is 2.67 bits per heavy atom. The number of hydrogen-bond acceptors (Lipinski definition) is 3. The van der Waals surface area contributed by atoms with Gasteiger partial charge in [-0.3, -0.25) is 9.80 Å². The average Bonchev–Trinajstić information content (AvgIpc) is 2.34. The molecule has 0 amide bonds. The molecule has 0 aromatic carbocycles. The molecule has 0 bridgehead atoms. The van der Waals surface area contributed by atoms with Gasteiger partial charge in [0.25, 0.3) is 0 Å². The lowest BCUT2D eigenvalue weighted by atomic mass is 9.98. The van der Waals surface area contributed by atoms with E-state index in [-0.39, 0.29) is 5.54 Å². The average molecular weight is 253 g/mol. The second-order valence-electron chi connectivity index (χ2n) is 7.16. The van der Waals surface area contributed by atoms with Crippen molar-refractivity contribution in [3.63, 3.8) is 0 Å². The van der Waals surface area contributed by atoms with Crippen LogP contribution in [0.1, 0.15) is 47.0 Å². The fourth-order valence-corrected chi connectivity index (χ4v) is 3.16. The Morgan fingerprint density at radius 2 is 1.94 bits per heavy atom. The molecule has 2 saturated heterocycles. The van der Waals surface area contributed by atoms with Crippen molar-refractivity contribution in [1.82, 2.24) is 15.1 Å². The van der Waals surface area contributed by atoms with Crippen LogP contribution in [-0.4, -0.2) is 60.1 Å². The quantitative estimate of drug-likeness (QED) is 0.829. The van der Waals surface area contributed by atoms with E-state index < -0.39 is 0 Å². The van der Waals surface area contributed by atoms with E-state index in [2.05, 4.69) is 42.8 Å². The molecule has 2 aliphatic heterocycles. The van der Waals surface area contributed by atoms with Gasteiger partial charge in [0, 0.05) is 43.8 Å². The van der Waals surface area contributed by atoms with E-state index in [1.165, 1.54) is 45.4 Å². The summed E-state index contributed by atoms with van der Waals surface area (Å²) in [5.41, 5.74) is 0.237. The lowest BCUT2D eigenvalue weighted by Crippen LogP contribution is -2.58. The third-order valence-corrected chi connectivity index (χ3v) is 4.42. The molecule has 0 aromatic heterocycles. The van der Waals surface area contributed by atoms with Gasteiger partial charge in [-0.1, -0.05) is 6.42 Å². The molecule has 0 spiro atoms. The molecule has 3 nitrogen and oxygen atoms in total. The number of nitrogens with zero attached hydrogens (tertiary/aromatic N) is 2. The molecule has 2 unspecified atom stereocenters. The van der Waals surface area contributed by atoms with Crippen LogP contribution < -0.4 is 5.32 Å². The molecule has 2 rings (SSSR count). The van der Waals surface area contributed by atoms with Crippen molar-refractivity contribution in [3.8, 4) is 0 Å². The Labute approximate surface area is 113 Å². The Bertz CT molecular complexity index is 259. The first-order valence-electron chi connectivity index (χ1n) is 7.69. The molecule has 106 valence electrons. The smallest absolute Gasteiger partial charge is 0.0223 e. The van der Waals surface area contributed by atoms with Crippen molar-refractivity contribution in [2.75, 3.05) is 32.7 Å². The minimum absolute atomic E-state index is 0.237. The van der Waals surface area contributed by atoms with E-state index in [1.807, 2.05) is 0 Å². The van der Waals surface area contributed by atoms with E-state index in [9.17, 15) is 0 Å². The summed E-state index contributed by atoms with van der Waals surface area (Å²) in [6, 6.07) is 1.50. The number of piperidine rings is 1. The zero-order valence-corrected chi connectivity index (χ0v) is 12.7. The van der Waals surface area contributed by atoms with Crippen molar-refractivity contribution in [2.45, 2.75) is 64.6 Å². The Kier molecular flexibility index (Phi) is 4.68. The van der Waals surface area contributed by atoms with Gasteiger partial charge in [0.2, 0.25) is 0 Å². The SMILES string of the molecule is CC(CNC(C)(C)C)N1CCN2CCCCC2C1. The second kappa shape index (κ2) is 5.89. The summed E-state index contributed by atoms with van der Waals surface area (Å²) in [5.74, 6) is 0. The number of nitrogens with one attached hydrogen (secondary N) is 1. The summed E-state index contributed by atoms with van der Waals surface area (Å²) < 4.78 is 0. The maximum absolute atomic E-state index is 3.64. The highest BCUT2D eigenvalue weighted by atomic mass is 15.3. The summed E-state index contributed by atoms with van der Waals surface area (Å²) in [6.45, 7) is 15.4. The molecule has 0 aromatic rings. The zero-order chi connectivity index (χ0) is 13.2. The number of piperazine rings is 1. The summed E-state index contributed by atoms with van der Waals surface area (Å²) >= 11 is 0. The van der Waals surface area contributed by atoms with Crippen LogP contribution in [0.4, 0.5) is 0 Å². The maximum Gasteiger partial charge on any atom is 0.0223 e. The first-order chi connectivity index (χ1) is 8.46. The van der Waals surface area contributed by atoms with E-state index >= 15 is 0 Å². The first-order valence-corrected chi connectivity index (χ1v) is 7.69. The monoisotopic (exact) mass is 253 g/mol. The van der Waals surface area contributed by atoms with Gasteiger partial charge in [-0.2, -0.15) is 0 Å². The van der Waals surface area contributed by atoms with E-state index in [0.717, 1.165) is 12.6 Å². The predicted molar refractivity (Wildman–Crippen MR) is 78.0 cm³/mol. The molecule has 0 aliphatic carbocycles. The maximum atomic E-state index is 3.64. The third-order valence-electron chi connectivity index (χ3n) is 4.42. The number of hydrogen-bond donors (Lipinski definition) is 1. The van der Waals surface area contributed by atoms with Crippen LogP contribution in [0.3, 0.4) is 0 Å². The lowest BCUT2D eigenvalue weighted by Gasteiger charge is -2.46. The molecule has 0 radical (unpaired) electrons. The number of fused-ring (bicyclic) bond motifs is 1. The van der Waals surface area contributed by atoms with Crippen LogP contribution in [-0.2, 0) is 0 Å². The Hall–Kier alpha value is -0.120. The summed E-state index contributed by atoms with van der Waals surface area (Å²) in [7, 11) is 0. The third kappa shape index (κ3) is 3.94. The highest BCUT2D eigenvalue weighted by Gasteiger charge is 2.30. The van der Waals surface area contributed by atoms with Gasteiger partial charge in [-0.25, -0.2) is 0 Å². The predicted octanol–water partition coefficient (Wildman–Crippen LogP) is 1.93. The van der Waals surface area contributed by atoms with Crippen molar-refractivity contribution in [1.29, 1.82) is 0 Å². The van der Waals surface area contributed by atoms with Crippen molar-refractivity contribution < 1.29 is 0 Å². The molecular weight excluding hydrogens is 222 g/mol. The van der Waals surface area contributed by atoms with Crippen LogP contribution in [0.2, 0.25) is 0 Å². The van der Waals surface area contributed by atoms with Gasteiger partial charge in [-0.05, 0) is 47.1 Å². The Balaban J connectivity index is 1.79. The van der Waals surface area contributed by atoms with E-state index in [1.54, 1.807) is 0 Å². The van der Waals surface area contributed by atoms with E-state index in [4.69, 9.17) is 0 Å². The number of rotatable bonds is 3. The van der Waals surface area contributed by atoms with Gasteiger partial charge in [0.05, 0.1) is 0 Å². The van der Waals surface area contributed by atoms with Crippen molar-refractivity contribution in [2.24, 2.45) is 0 Å². The first kappa shape index (κ1) is 14.3. The van der Waals surface area contributed by atoms with Crippen molar-refractivity contribution >= 4 is 0 Å². The topological polar surface area (TPSA) is 18.5 Å². The van der Waals surface area contributed by atoms with Crippen LogP contribution in [0.5, 0.6) is 0 Å². The van der Waals surface area contributed by atoms with Crippen LogP contribution in [0, 0.1) is 0 Å². The van der Waals surface area contributed by atoms with Gasteiger partial charge in [0.1, 0.15) is 0 Å².